The van der Waals surface area contributed by atoms with E-state index in [0.29, 0.717) is 0 Å². The SMILES string of the molecule is CCCCCCCCCCCCc1csc2c(CCCCCCCCCCCC)c(C=O)sc12. The van der Waals surface area contributed by atoms with Crippen molar-refractivity contribution in [3.63, 3.8) is 0 Å². The van der Waals surface area contributed by atoms with Crippen LogP contribution in [0.15, 0.2) is 5.38 Å². The van der Waals surface area contributed by atoms with E-state index >= 15 is 0 Å². The van der Waals surface area contributed by atoms with E-state index in [2.05, 4.69) is 19.2 Å². The molecule has 0 aliphatic carbocycles. The van der Waals surface area contributed by atoms with Crippen LogP contribution in [0.4, 0.5) is 0 Å². The molecule has 0 unspecified atom stereocenters. The summed E-state index contributed by atoms with van der Waals surface area (Å²) in [6.45, 7) is 4.57. The lowest BCUT2D eigenvalue weighted by atomic mass is 10.0. The number of carbonyl (C=O) groups is 1. The van der Waals surface area contributed by atoms with Gasteiger partial charge < -0.3 is 0 Å². The van der Waals surface area contributed by atoms with Crippen molar-refractivity contribution in [2.24, 2.45) is 0 Å². The third-order valence-electron chi connectivity index (χ3n) is 7.29. The van der Waals surface area contributed by atoms with Gasteiger partial charge in [0.25, 0.3) is 0 Å². The number of hydrogen-bond acceptors (Lipinski definition) is 3. The van der Waals surface area contributed by atoms with E-state index in [1.807, 2.05) is 11.3 Å². The van der Waals surface area contributed by atoms with Crippen LogP contribution in [0.5, 0.6) is 0 Å². The Labute approximate surface area is 219 Å². The number of aldehydes is 1. The highest BCUT2D eigenvalue weighted by Crippen LogP contribution is 2.39. The topological polar surface area (TPSA) is 17.1 Å². The fraction of sp³-hybridized carbons (Fsp3) is 0.774. The number of thiophene rings is 2. The van der Waals surface area contributed by atoms with Crippen LogP contribution in [0, 0.1) is 0 Å². The van der Waals surface area contributed by atoms with Crippen LogP contribution in [-0.4, -0.2) is 6.29 Å². The maximum atomic E-state index is 11.7. The first-order chi connectivity index (χ1) is 16.8. The van der Waals surface area contributed by atoms with E-state index in [1.165, 1.54) is 155 Å². The van der Waals surface area contributed by atoms with Gasteiger partial charge in [-0.2, -0.15) is 0 Å². The van der Waals surface area contributed by atoms with Gasteiger partial charge in [0.2, 0.25) is 0 Å². The number of rotatable bonds is 23. The zero-order valence-electron chi connectivity index (χ0n) is 22.4. The Morgan fingerprint density at radius 2 is 1.03 bits per heavy atom. The largest absolute Gasteiger partial charge is 0.297 e. The Balaban J connectivity index is 1.64. The van der Waals surface area contributed by atoms with Crippen LogP contribution in [0.3, 0.4) is 0 Å². The van der Waals surface area contributed by atoms with Crippen LogP contribution in [0.25, 0.3) is 9.40 Å². The predicted molar refractivity (Wildman–Crippen MR) is 156 cm³/mol. The van der Waals surface area contributed by atoms with Gasteiger partial charge in [-0.05, 0) is 42.2 Å². The molecule has 2 heterocycles. The van der Waals surface area contributed by atoms with Gasteiger partial charge in [-0.15, -0.1) is 22.7 Å². The standard InChI is InChI=1S/C31H52OS2/c1-3-5-7-9-11-13-15-17-19-21-23-27-26-33-31-28(29(25-32)34-30(27)31)24-22-20-18-16-14-12-10-8-6-4-2/h25-26H,3-24H2,1-2H3. The number of unbranched alkanes of at least 4 members (excludes halogenated alkanes) is 18. The summed E-state index contributed by atoms with van der Waals surface area (Å²) in [6, 6.07) is 0. The molecule has 0 aromatic carbocycles. The third-order valence-corrected chi connectivity index (χ3v) is 9.74. The van der Waals surface area contributed by atoms with Crippen LogP contribution in [0.2, 0.25) is 0 Å². The Morgan fingerprint density at radius 1 is 0.588 bits per heavy atom. The Bertz CT molecular complexity index is 757. The summed E-state index contributed by atoms with van der Waals surface area (Å²) in [6.07, 6.45) is 30.9. The van der Waals surface area contributed by atoms with Gasteiger partial charge in [-0.25, -0.2) is 0 Å². The lowest BCUT2D eigenvalue weighted by Gasteiger charge is -2.03. The van der Waals surface area contributed by atoms with Gasteiger partial charge >= 0.3 is 0 Å². The molecular weight excluding hydrogens is 452 g/mol. The van der Waals surface area contributed by atoms with Crippen molar-refractivity contribution in [1.82, 2.24) is 0 Å². The van der Waals surface area contributed by atoms with Gasteiger partial charge in [-0.1, -0.05) is 129 Å². The highest BCUT2D eigenvalue weighted by atomic mass is 32.1. The molecule has 0 bridgehead atoms. The lowest BCUT2D eigenvalue weighted by Crippen LogP contribution is -1.89. The fourth-order valence-electron chi connectivity index (χ4n) is 5.08. The lowest BCUT2D eigenvalue weighted by molar-refractivity contribution is 0.112. The van der Waals surface area contributed by atoms with Gasteiger partial charge in [0.15, 0.2) is 6.29 Å². The van der Waals surface area contributed by atoms with Crippen molar-refractivity contribution < 1.29 is 4.79 Å². The molecule has 34 heavy (non-hydrogen) atoms. The molecule has 2 aromatic rings. The molecule has 0 amide bonds. The minimum absolute atomic E-state index is 1.00. The first-order valence-electron chi connectivity index (χ1n) is 14.8. The minimum Gasteiger partial charge on any atom is -0.297 e. The first-order valence-corrected chi connectivity index (χ1v) is 16.5. The van der Waals surface area contributed by atoms with Crippen molar-refractivity contribution in [3.8, 4) is 0 Å². The first kappa shape index (κ1) is 29.6. The molecule has 194 valence electrons. The van der Waals surface area contributed by atoms with Crippen LogP contribution < -0.4 is 0 Å². The predicted octanol–water partition coefficient (Wildman–Crippen LogP) is 11.7. The maximum absolute atomic E-state index is 11.7. The van der Waals surface area contributed by atoms with Crippen molar-refractivity contribution in [1.29, 1.82) is 0 Å². The van der Waals surface area contributed by atoms with Crippen molar-refractivity contribution >= 4 is 38.4 Å². The molecule has 0 aliphatic rings. The zero-order chi connectivity index (χ0) is 24.3. The van der Waals surface area contributed by atoms with E-state index in [1.54, 1.807) is 11.3 Å². The summed E-state index contributed by atoms with van der Waals surface area (Å²) in [7, 11) is 0. The normalized spacial score (nSPS) is 11.6. The summed E-state index contributed by atoms with van der Waals surface area (Å²) in [4.78, 5) is 12.7. The molecule has 2 rings (SSSR count). The van der Waals surface area contributed by atoms with E-state index in [-0.39, 0.29) is 0 Å². The fourth-order valence-corrected chi connectivity index (χ4v) is 7.68. The molecular formula is C31H52OS2. The molecule has 0 N–H and O–H groups in total. The average molecular weight is 505 g/mol. The number of aryl methyl sites for hydroxylation is 2. The van der Waals surface area contributed by atoms with Crippen LogP contribution in [-0.2, 0) is 12.8 Å². The molecule has 0 radical (unpaired) electrons. The molecule has 3 heteroatoms. The zero-order valence-corrected chi connectivity index (χ0v) is 24.1. The molecule has 2 aromatic heterocycles. The Morgan fingerprint density at radius 3 is 1.50 bits per heavy atom. The quantitative estimate of drug-likeness (QED) is 0.109. The molecule has 0 atom stereocenters. The van der Waals surface area contributed by atoms with E-state index in [4.69, 9.17) is 0 Å². The van der Waals surface area contributed by atoms with E-state index in [0.717, 1.165) is 17.6 Å². The van der Waals surface area contributed by atoms with Gasteiger partial charge in [0, 0.05) is 9.40 Å². The van der Waals surface area contributed by atoms with E-state index < -0.39 is 0 Å². The second kappa shape index (κ2) is 19.5. The summed E-state index contributed by atoms with van der Waals surface area (Å²) in [5.41, 5.74) is 2.86. The van der Waals surface area contributed by atoms with Crippen molar-refractivity contribution in [2.45, 2.75) is 155 Å². The van der Waals surface area contributed by atoms with Crippen LogP contribution in [0.1, 0.15) is 163 Å². The molecule has 0 saturated heterocycles. The summed E-state index contributed by atoms with van der Waals surface area (Å²) < 4.78 is 2.84. The molecule has 0 saturated carbocycles. The van der Waals surface area contributed by atoms with Crippen molar-refractivity contribution in [2.75, 3.05) is 0 Å². The molecule has 0 fully saturated rings. The summed E-state index contributed by atoms with van der Waals surface area (Å²) in [5.74, 6) is 0. The molecule has 0 spiro atoms. The highest BCUT2D eigenvalue weighted by molar-refractivity contribution is 7.28. The molecule has 1 nitrogen and oxygen atoms in total. The Kier molecular flexibility index (Phi) is 17.0. The maximum Gasteiger partial charge on any atom is 0.160 e. The second-order valence-electron chi connectivity index (χ2n) is 10.3. The van der Waals surface area contributed by atoms with Gasteiger partial charge in [0.05, 0.1) is 4.88 Å². The highest BCUT2D eigenvalue weighted by Gasteiger charge is 2.16. The average Bonchev–Trinajstić information content (AvgIpc) is 3.40. The van der Waals surface area contributed by atoms with Crippen molar-refractivity contribution in [3.05, 3.63) is 21.4 Å². The van der Waals surface area contributed by atoms with Crippen LogP contribution >= 0.6 is 22.7 Å². The monoisotopic (exact) mass is 504 g/mol. The smallest absolute Gasteiger partial charge is 0.160 e. The number of hydrogen-bond donors (Lipinski definition) is 0. The molecule has 0 aliphatic heterocycles. The Hall–Kier alpha value is -0.670. The number of fused-ring (bicyclic) bond motifs is 1. The minimum atomic E-state index is 1.00. The van der Waals surface area contributed by atoms with E-state index in [9.17, 15) is 4.79 Å². The number of carbonyl (C=O) groups excluding carboxylic acids is 1. The summed E-state index contributed by atoms with van der Waals surface area (Å²) in [5, 5.41) is 2.38. The summed E-state index contributed by atoms with van der Waals surface area (Å²) >= 11 is 3.65. The van der Waals surface area contributed by atoms with Gasteiger partial charge in [0.1, 0.15) is 0 Å². The van der Waals surface area contributed by atoms with Gasteiger partial charge in [-0.3, -0.25) is 4.79 Å². The second-order valence-corrected chi connectivity index (χ2v) is 12.3. The third kappa shape index (κ3) is 11.4.